The number of hydrogen-bond acceptors (Lipinski definition) is 2. The van der Waals surface area contributed by atoms with Crippen molar-refractivity contribution in [2.45, 2.75) is 53.8 Å². The Balaban J connectivity index is 2.19. The Morgan fingerprint density at radius 3 is 1.35 bits per heavy atom. The van der Waals surface area contributed by atoms with Crippen LogP contribution in [0, 0.1) is 11.8 Å². The molecule has 0 spiro atoms. The first kappa shape index (κ1) is 17.2. The van der Waals surface area contributed by atoms with E-state index in [-0.39, 0.29) is 0 Å². The fraction of sp³-hybridized carbons (Fsp3) is 0.667. The highest BCUT2D eigenvalue weighted by Gasteiger charge is 1.99. The quantitative estimate of drug-likeness (QED) is 0.572. The van der Waals surface area contributed by atoms with Gasteiger partial charge in [0, 0.05) is 13.2 Å². The van der Waals surface area contributed by atoms with Crippen LogP contribution in [-0.2, 0) is 22.7 Å². The molecule has 0 aliphatic heterocycles. The van der Waals surface area contributed by atoms with Gasteiger partial charge < -0.3 is 9.47 Å². The molecule has 20 heavy (non-hydrogen) atoms. The Bertz CT molecular complexity index is 306. The van der Waals surface area contributed by atoms with E-state index in [0.29, 0.717) is 25.0 Å². The van der Waals surface area contributed by atoms with E-state index in [0.717, 1.165) is 26.1 Å². The summed E-state index contributed by atoms with van der Waals surface area (Å²) in [4.78, 5) is 0. The molecule has 0 saturated heterocycles. The van der Waals surface area contributed by atoms with Crippen molar-refractivity contribution >= 4 is 0 Å². The molecule has 1 aromatic rings. The van der Waals surface area contributed by atoms with Crippen LogP contribution in [0.1, 0.15) is 51.7 Å². The van der Waals surface area contributed by atoms with E-state index in [1.807, 2.05) is 0 Å². The first-order valence-electron chi connectivity index (χ1n) is 7.81. The van der Waals surface area contributed by atoms with Gasteiger partial charge in [-0.1, -0.05) is 52.0 Å². The van der Waals surface area contributed by atoms with E-state index in [2.05, 4.69) is 52.0 Å². The standard InChI is InChI=1S/C18H30O2/c1-15(2)9-11-19-13-17-5-7-18(8-6-17)14-20-12-10-16(3)4/h5-8,15-16H,9-14H2,1-4H3. The molecule has 2 heteroatoms. The van der Waals surface area contributed by atoms with E-state index in [1.54, 1.807) is 0 Å². The molecule has 0 aliphatic carbocycles. The minimum absolute atomic E-state index is 0.709. The Morgan fingerprint density at radius 2 is 1.05 bits per heavy atom. The largest absolute Gasteiger partial charge is 0.377 e. The fourth-order valence-corrected chi connectivity index (χ4v) is 1.75. The summed E-state index contributed by atoms with van der Waals surface area (Å²) in [7, 11) is 0. The van der Waals surface area contributed by atoms with E-state index >= 15 is 0 Å². The number of benzene rings is 1. The highest BCUT2D eigenvalue weighted by Crippen LogP contribution is 2.09. The van der Waals surface area contributed by atoms with E-state index in [1.165, 1.54) is 11.1 Å². The van der Waals surface area contributed by atoms with Crippen LogP contribution >= 0.6 is 0 Å². The lowest BCUT2D eigenvalue weighted by atomic mass is 10.1. The van der Waals surface area contributed by atoms with Crippen LogP contribution in [0.4, 0.5) is 0 Å². The molecular formula is C18H30O2. The summed E-state index contributed by atoms with van der Waals surface area (Å²) in [5, 5.41) is 0. The normalized spacial score (nSPS) is 11.5. The molecule has 0 amide bonds. The van der Waals surface area contributed by atoms with Gasteiger partial charge in [-0.15, -0.1) is 0 Å². The fourth-order valence-electron chi connectivity index (χ4n) is 1.75. The van der Waals surface area contributed by atoms with Crippen LogP contribution in [0.3, 0.4) is 0 Å². The Morgan fingerprint density at radius 1 is 0.700 bits per heavy atom. The third-order valence-electron chi connectivity index (χ3n) is 3.24. The monoisotopic (exact) mass is 278 g/mol. The SMILES string of the molecule is CC(C)CCOCc1ccc(COCCC(C)C)cc1. The molecular weight excluding hydrogens is 248 g/mol. The molecule has 0 aliphatic rings. The van der Waals surface area contributed by atoms with Gasteiger partial charge in [0.1, 0.15) is 0 Å². The molecule has 0 radical (unpaired) electrons. The zero-order valence-corrected chi connectivity index (χ0v) is 13.5. The third kappa shape index (κ3) is 8.34. The Labute approximate surface area is 124 Å². The Kier molecular flexibility index (Phi) is 8.56. The van der Waals surface area contributed by atoms with Crippen LogP contribution in [0.25, 0.3) is 0 Å². The molecule has 0 N–H and O–H groups in total. The van der Waals surface area contributed by atoms with Crippen molar-refractivity contribution in [3.8, 4) is 0 Å². The second-order valence-electron chi connectivity index (χ2n) is 6.29. The van der Waals surface area contributed by atoms with Gasteiger partial charge in [0.25, 0.3) is 0 Å². The van der Waals surface area contributed by atoms with Gasteiger partial charge in [-0.05, 0) is 35.8 Å². The van der Waals surface area contributed by atoms with Crippen LogP contribution in [0.5, 0.6) is 0 Å². The van der Waals surface area contributed by atoms with Crippen LogP contribution < -0.4 is 0 Å². The van der Waals surface area contributed by atoms with Crippen molar-refractivity contribution in [3.05, 3.63) is 35.4 Å². The van der Waals surface area contributed by atoms with Crippen LogP contribution in [0.15, 0.2) is 24.3 Å². The maximum Gasteiger partial charge on any atom is 0.0716 e. The summed E-state index contributed by atoms with van der Waals surface area (Å²) in [6, 6.07) is 8.54. The molecule has 1 aromatic carbocycles. The van der Waals surface area contributed by atoms with Crippen molar-refractivity contribution < 1.29 is 9.47 Å². The van der Waals surface area contributed by atoms with E-state index in [4.69, 9.17) is 9.47 Å². The zero-order chi connectivity index (χ0) is 14.8. The Hall–Kier alpha value is -0.860. The van der Waals surface area contributed by atoms with Crippen LogP contribution in [-0.4, -0.2) is 13.2 Å². The maximum atomic E-state index is 5.66. The summed E-state index contributed by atoms with van der Waals surface area (Å²) in [5.74, 6) is 1.42. The average molecular weight is 278 g/mol. The first-order chi connectivity index (χ1) is 9.58. The summed E-state index contributed by atoms with van der Waals surface area (Å²) in [6.45, 7) is 12.0. The van der Waals surface area contributed by atoms with Gasteiger partial charge in [-0.3, -0.25) is 0 Å². The summed E-state index contributed by atoms with van der Waals surface area (Å²) in [6.07, 6.45) is 2.25. The van der Waals surface area contributed by atoms with Crippen LogP contribution in [0.2, 0.25) is 0 Å². The number of hydrogen-bond donors (Lipinski definition) is 0. The van der Waals surface area contributed by atoms with Gasteiger partial charge in [0.15, 0.2) is 0 Å². The molecule has 0 fully saturated rings. The average Bonchev–Trinajstić information content (AvgIpc) is 2.41. The molecule has 0 unspecified atom stereocenters. The van der Waals surface area contributed by atoms with Gasteiger partial charge in [0.2, 0.25) is 0 Å². The summed E-state index contributed by atoms with van der Waals surface area (Å²) in [5.41, 5.74) is 2.47. The zero-order valence-electron chi connectivity index (χ0n) is 13.5. The topological polar surface area (TPSA) is 18.5 Å². The maximum absolute atomic E-state index is 5.66. The summed E-state index contributed by atoms with van der Waals surface area (Å²) >= 11 is 0. The van der Waals surface area contributed by atoms with E-state index in [9.17, 15) is 0 Å². The van der Waals surface area contributed by atoms with Crippen molar-refractivity contribution in [2.75, 3.05) is 13.2 Å². The lowest BCUT2D eigenvalue weighted by Crippen LogP contribution is -2.00. The van der Waals surface area contributed by atoms with Crippen molar-refractivity contribution in [1.82, 2.24) is 0 Å². The molecule has 0 saturated carbocycles. The molecule has 0 heterocycles. The third-order valence-corrected chi connectivity index (χ3v) is 3.24. The van der Waals surface area contributed by atoms with E-state index < -0.39 is 0 Å². The lowest BCUT2D eigenvalue weighted by Gasteiger charge is -2.08. The second kappa shape index (κ2) is 9.95. The van der Waals surface area contributed by atoms with Crippen molar-refractivity contribution in [3.63, 3.8) is 0 Å². The second-order valence-corrected chi connectivity index (χ2v) is 6.29. The number of rotatable bonds is 10. The molecule has 0 aromatic heterocycles. The van der Waals surface area contributed by atoms with Gasteiger partial charge >= 0.3 is 0 Å². The minimum Gasteiger partial charge on any atom is -0.377 e. The highest BCUT2D eigenvalue weighted by atomic mass is 16.5. The van der Waals surface area contributed by atoms with Gasteiger partial charge in [0.05, 0.1) is 13.2 Å². The molecule has 0 bridgehead atoms. The molecule has 0 atom stereocenters. The predicted molar refractivity (Wildman–Crippen MR) is 84.7 cm³/mol. The van der Waals surface area contributed by atoms with Crippen molar-refractivity contribution in [2.24, 2.45) is 11.8 Å². The minimum atomic E-state index is 0.709. The van der Waals surface area contributed by atoms with Gasteiger partial charge in [-0.2, -0.15) is 0 Å². The van der Waals surface area contributed by atoms with Crippen molar-refractivity contribution in [1.29, 1.82) is 0 Å². The molecule has 114 valence electrons. The highest BCUT2D eigenvalue weighted by molar-refractivity contribution is 5.21. The van der Waals surface area contributed by atoms with Gasteiger partial charge in [-0.25, -0.2) is 0 Å². The smallest absolute Gasteiger partial charge is 0.0716 e. The first-order valence-corrected chi connectivity index (χ1v) is 7.81. The lowest BCUT2D eigenvalue weighted by molar-refractivity contribution is 0.109. The predicted octanol–water partition coefficient (Wildman–Crippen LogP) is 4.81. The molecule has 2 nitrogen and oxygen atoms in total. The summed E-state index contributed by atoms with van der Waals surface area (Å²) < 4.78 is 11.3. The number of ether oxygens (including phenoxy) is 2. The molecule has 1 rings (SSSR count).